The summed E-state index contributed by atoms with van der Waals surface area (Å²) in [7, 11) is -3.73. The summed E-state index contributed by atoms with van der Waals surface area (Å²) in [6, 6.07) is 11.0. The van der Waals surface area contributed by atoms with Gasteiger partial charge in [0, 0.05) is 18.0 Å². The van der Waals surface area contributed by atoms with Crippen LogP contribution in [0.4, 0.5) is 5.69 Å². The molecule has 0 saturated heterocycles. The van der Waals surface area contributed by atoms with Gasteiger partial charge < -0.3 is 0 Å². The molecule has 3 N–H and O–H groups in total. The molecule has 114 valence electrons. The molecule has 1 aromatic heterocycles. The second-order valence-corrected chi connectivity index (χ2v) is 5.83. The maximum Gasteiger partial charge on any atom is 0.279 e. The van der Waals surface area contributed by atoms with Crippen molar-refractivity contribution in [3.8, 4) is 0 Å². The Bertz CT molecular complexity index is 771. The number of anilines is 1. The number of carbonyl (C=O) groups excluding carboxylic acids is 1. The van der Waals surface area contributed by atoms with Gasteiger partial charge in [-0.05, 0) is 35.9 Å². The lowest BCUT2D eigenvalue weighted by atomic mass is 10.2. The van der Waals surface area contributed by atoms with E-state index in [-0.39, 0.29) is 5.03 Å². The smallest absolute Gasteiger partial charge is 0.279 e. The third-order valence-corrected chi connectivity index (χ3v) is 3.91. The second-order valence-electron chi connectivity index (χ2n) is 4.20. The summed E-state index contributed by atoms with van der Waals surface area (Å²) in [6.07, 6.45) is 4.02. The number of pyridine rings is 1. The van der Waals surface area contributed by atoms with E-state index >= 15 is 0 Å². The lowest BCUT2D eigenvalue weighted by molar-refractivity contribution is -0.124. The first kappa shape index (κ1) is 15.7. The monoisotopic (exact) mass is 319 g/mol. The number of nitrogens with zero attached hydrogens (tertiary/aromatic N) is 1. The summed E-state index contributed by atoms with van der Waals surface area (Å²) in [5.41, 5.74) is 2.51. The normalized spacial score (nSPS) is 11.3. The molecule has 0 aliphatic carbocycles. The molecule has 0 aliphatic heterocycles. The third-order valence-electron chi connectivity index (χ3n) is 2.61. The fraction of sp³-hybridized carbons (Fsp3) is 0. The lowest BCUT2D eigenvalue weighted by Crippen LogP contribution is -2.14. The first-order valence-electron chi connectivity index (χ1n) is 6.17. The molecule has 0 unspecified atom stereocenters. The summed E-state index contributed by atoms with van der Waals surface area (Å²) in [4.78, 5) is 14.6. The van der Waals surface area contributed by atoms with Crippen molar-refractivity contribution in [2.45, 2.75) is 5.03 Å². The van der Waals surface area contributed by atoms with Crippen molar-refractivity contribution < 1.29 is 18.4 Å². The Morgan fingerprint density at radius 1 is 1.14 bits per heavy atom. The van der Waals surface area contributed by atoms with Crippen LogP contribution in [0.15, 0.2) is 59.8 Å². The van der Waals surface area contributed by atoms with Crippen LogP contribution in [0.1, 0.15) is 5.56 Å². The maximum atomic E-state index is 12.1. The number of hydrogen-bond acceptors (Lipinski definition) is 5. The Morgan fingerprint density at radius 3 is 2.45 bits per heavy atom. The van der Waals surface area contributed by atoms with Crippen LogP contribution < -0.4 is 10.2 Å². The highest BCUT2D eigenvalue weighted by Crippen LogP contribution is 2.15. The quantitative estimate of drug-likeness (QED) is 0.438. The van der Waals surface area contributed by atoms with E-state index in [2.05, 4.69) is 9.71 Å². The van der Waals surface area contributed by atoms with Crippen molar-refractivity contribution in [1.82, 2.24) is 10.5 Å². The molecule has 0 saturated carbocycles. The first-order valence-corrected chi connectivity index (χ1v) is 7.66. The van der Waals surface area contributed by atoms with Crippen LogP contribution in [-0.4, -0.2) is 24.5 Å². The highest BCUT2D eigenvalue weighted by Gasteiger charge is 2.14. The zero-order valence-electron chi connectivity index (χ0n) is 11.3. The van der Waals surface area contributed by atoms with Crippen LogP contribution in [0.5, 0.6) is 0 Å². The van der Waals surface area contributed by atoms with E-state index < -0.39 is 15.9 Å². The van der Waals surface area contributed by atoms with Gasteiger partial charge in [-0.25, -0.2) is 10.5 Å². The van der Waals surface area contributed by atoms with Crippen LogP contribution >= 0.6 is 0 Å². The molecule has 0 aliphatic rings. The third kappa shape index (κ3) is 4.14. The number of amides is 1. The summed E-state index contributed by atoms with van der Waals surface area (Å²) >= 11 is 0. The SMILES string of the molecule is O=C(/C=C/c1ccc(NS(=O)(=O)c2ccccn2)cc1)NO. The molecule has 1 aromatic carbocycles. The summed E-state index contributed by atoms with van der Waals surface area (Å²) in [6.45, 7) is 0. The Morgan fingerprint density at radius 2 is 1.86 bits per heavy atom. The van der Waals surface area contributed by atoms with Gasteiger partial charge in [0.15, 0.2) is 5.03 Å². The molecular weight excluding hydrogens is 306 g/mol. The fourth-order valence-corrected chi connectivity index (χ4v) is 2.59. The molecule has 1 amide bonds. The number of hydroxylamine groups is 1. The van der Waals surface area contributed by atoms with Crippen molar-refractivity contribution >= 4 is 27.7 Å². The molecule has 0 bridgehead atoms. The Hall–Kier alpha value is -2.71. The number of nitrogens with one attached hydrogen (secondary N) is 2. The minimum Gasteiger partial charge on any atom is -0.288 e. The van der Waals surface area contributed by atoms with Crippen LogP contribution in [0.2, 0.25) is 0 Å². The molecule has 0 radical (unpaired) electrons. The number of carbonyl (C=O) groups is 1. The van der Waals surface area contributed by atoms with Gasteiger partial charge in [-0.1, -0.05) is 18.2 Å². The van der Waals surface area contributed by atoms with Gasteiger partial charge >= 0.3 is 0 Å². The number of hydrogen-bond donors (Lipinski definition) is 3. The van der Waals surface area contributed by atoms with Gasteiger partial charge in [0.25, 0.3) is 15.9 Å². The van der Waals surface area contributed by atoms with Gasteiger partial charge in [0.05, 0.1) is 0 Å². The average molecular weight is 319 g/mol. The Kier molecular flexibility index (Phi) is 4.87. The molecular formula is C14H13N3O4S. The minimum absolute atomic E-state index is 0.0708. The van der Waals surface area contributed by atoms with E-state index in [0.29, 0.717) is 11.3 Å². The number of aromatic nitrogens is 1. The second kappa shape index (κ2) is 6.83. The van der Waals surface area contributed by atoms with Crippen molar-refractivity contribution in [3.05, 3.63) is 60.3 Å². The molecule has 1 heterocycles. The van der Waals surface area contributed by atoms with E-state index in [1.807, 2.05) is 0 Å². The largest absolute Gasteiger partial charge is 0.288 e. The van der Waals surface area contributed by atoms with Crippen LogP contribution in [0.3, 0.4) is 0 Å². The summed E-state index contributed by atoms with van der Waals surface area (Å²) in [5, 5.41) is 8.29. The maximum absolute atomic E-state index is 12.1. The molecule has 2 aromatic rings. The molecule has 22 heavy (non-hydrogen) atoms. The van der Waals surface area contributed by atoms with E-state index in [1.165, 1.54) is 23.8 Å². The number of sulfonamides is 1. The molecule has 7 nitrogen and oxygen atoms in total. The Balaban J connectivity index is 2.12. The van der Waals surface area contributed by atoms with Crippen LogP contribution in [0.25, 0.3) is 6.08 Å². The van der Waals surface area contributed by atoms with Gasteiger partial charge in [-0.2, -0.15) is 8.42 Å². The van der Waals surface area contributed by atoms with Crippen molar-refractivity contribution in [1.29, 1.82) is 0 Å². The van der Waals surface area contributed by atoms with Gasteiger partial charge in [-0.3, -0.25) is 14.7 Å². The van der Waals surface area contributed by atoms with E-state index in [0.717, 1.165) is 6.08 Å². The van der Waals surface area contributed by atoms with Gasteiger partial charge in [0.2, 0.25) is 0 Å². The predicted molar refractivity (Wildman–Crippen MR) is 80.5 cm³/mol. The summed E-state index contributed by atoms with van der Waals surface area (Å²) in [5.74, 6) is -0.653. The topological polar surface area (TPSA) is 108 Å². The average Bonchev–Trinajstić information content (AvgIpc) is 2.54. The highest BCUT2D eigenvalue weighted by atomic mass is 32.2. The van der Waals surface area contributed by atoms with Crippen molar-refractivity contribution in [2.75, 3.05) is 4.72 Å². The zero-order valence-corrected chi connectivity index (χ0v) is 12.1. The van der Waals surface area contributed by atoms with Gasteiger partial charge in [-0.15, -0.1) is 0 Å². The summed E-state index contributed by atoms with van der Waals surface area (Å²) < 4.78 is 26.5. The number of benzene rings is 1. The highest BCUT2D eigenvalue weighted by molar-refractivity contribution is 7.92. The van der Waals surface area contributed by atoms with Crippen molar-refractivity contribution in [2.24, 2.45) is 0 Å². The molecule has 0 spiro atoms. The molecule has 0 atom stereocenters. The predicted octanol–water partition coefficient (Wildman–Crippen LogP) is 1.40. The van der Waals surface area contributed by atoms with E-state index in [4.69, 9.17) is 5.21 Å². The number of rotatable bonds is 5. The fourth-order valence-electron chi connectivity index (χ4n) is 1.58. The van der Waals surface area contributed by atoms with E-state index in [1.54, 1.807) is 36.4 Å². The molecule has 8 heteroatoms. The zero-order chi connectivity index (χ0) is 16.0. The van der Waals surface area contributed by atoms with E-state index in [9.17, 15) is 13.2 Å². The lowest BCUT2D eigenvalue weighted by Gasteiger charge is -2.07. The minimum atomic E-state index is -3.73. The first-order chi connectivity index (χ1) is 10.5. The molecule has 2 rings (SSSR count). The Labute approximate surface area is 127 Å². The van der Waals surface area contributed by atoms with Crippen molar-refractivity contribution in [3.63, 3.8) is 0 Å². The standard InChI is InChI=1S/C14H13N3O4S/c18-13(16-19)9-6-11-4-7-12(8-5-11)17-22(20,21)14-3-1-2-10-15-14/h1-10,17,19H,(H,16,18)/b9-6+. The van der Waals surface area contributed by atoms with Gasteiger partial charge in [0.1, 0.15) is 0 Å². The molecule has 0 fully saturated rings. The van der Waals surface area contributed by atoms with Crippen LogP contribution in [0, 0.1) is 0 Å². The van der Waals surface area contributed by atoms with Crippen LogP contribution in [-0.2, 0) is 14.8 Å².